The summed E-state index contributed by atoms with van der Waals surface area (Å²) in [5.74, 6) is 2.36. The van der Waals surface area contributed by atoms with Gasteiger partial charge in [-0.3, -0.25) is 0 Å². The molecule has 92 valence electrons. The number of carbonyl (C=O) groups is 1. The predicted molar refractivity (Wildman–Crippen MR) is 67.2 cm³/mol. The number of carbonyl (C=O) groups excluding carboxylic acids is 1. The van der Waals surface area contributed by atoms with E-state index in [9.17, 15) is 4.79 Å². The van der Waals surface area contributed by atoms with Crippen molar-refractivity contribution < 1.29 is 4.79 Å². The second kappa shape index (κ2) is 6.39. The number of nitrogens with zero attached hydrogens (tertiary/aromatic N) is 1. The molecule has 0 fully saturated rings. The molecule has 2 amide bonds. The van der Waals surface area contributed by atoms with Gasteiger partial charge in [0.1, 0.15) is 0 Å². The molecule has 0 saturated heterocycles. The SMILES string of the molecule is C#CCNC(=O)N[C@H](C)C(C)(C)CN(C)C. The minimum atomic E-state index is -0.211. The van der Waals surface area contributed by atoms with Gasteiger partial charge in [0.05, 0.1) is 6.54 Å². The summed E-state index contributed by atoms with van der Waals surface area (Å²) in [6, 6.07) is -0.134. The average Bonchev–Trinajstić information content (AvgIpc) is 2.12. The lowest BCUT2D eigenvalue weighted by Gasteiger charge is -2.34. The first-order chi connectivity index (χ1) is 7.29. The third-order valence-corrected chi connectivity index (χ3v) is 2.59. The van der Waals surface area contributed by atoms with Crippen LogP contribution in [0.25, 0.3) is 0 Å². The van der Waals surface area contributed by atoms with Crippen LogP contribution in [0.5, 0.6) is 0 Å². The maximum atomic E-state index is 11.4. The van der Waals surface area contributed by atoms with E-state index in [0.717, 1.165) is 6.54 Å². The molecule has 0 rings (SSSR count). The first-order valence-electron chi connectivity index (χ1n) is 5.42. The number of amides is 2. The van der Waals surface area contributed by atoms with Crippen LogP contribution < -0.4 is 10.6 Å². The number of urea groups is 1. The quantitative estimate of drug-likeness (QED) is 0.683. The molecule has 0 aromatic carbocycles. The summed E-state index contributed by atoms with van der Waals surface area (Å²) in [6.45, 7) is 7.41. The predicted octanol–water partition coefficient (Wildman–Crippen LogP) is 0.895. The smallest absolute Gasteiger partial charge is 0.315 e. The molecule has 0 saturated carbocycles. The fourth-order valence-corrected chi connectivity index (χ4v) is 1.53. The molecule has 1 atom stereocenters. The van der Waals surface area contributed by atoms with Crippen molar-refractivity contribution in [2.45, 2.75) is 26.8 Å². The summed E-state index contributed by atoms with van der Waals surface area (Å²) in [6.07, 6.45) is 5.06. The summed E-state index contributed by atoms with van der Waals surface area (Å²) >= 11 is 0. The summed E-state index contributed by atoms with van der Waals surface area (Å²) < 4.78 is 0. The zero-order valence-electron chi connectivity index (χ0n) is 10.9. The molecule has 0 bridgehead atoms. The van der Waals surface area contributed by atoms with Crippen molar-refractivity contribution in [3.8, 4) is 12.3 Å². The molecular weight excluding hydrogens is 202 g/mol. The van der Waals surface area contributed by atoms with Gasteiger partial charge in [0.25, 0.3) is 0 Å². The second-order valence-electron chi connectivity index (χ2n) is 4.98. The summed E-state index contributed by atoms with van der Waals surface area (Å²) in [5.41, 5.74) is 0.0109. The highest BCUT2D eigenvalue weighted by Gasteiger charge is 2.27. The standard InChI is InChI=1S/C12H23N3O/c1-7-8-13-11(16)14-10(2)12(3,4)9-15(5)6/h1,10H,8-9H2,2-6H3,(H2,13,14,16)/t10-/m1/s1. The van der Waals surface area contributed by atoms with Gasteiger partial charge in [0, 0.05) is 12.6 Å². The molecule has 0 aliphatic carbocycles. The molecule has 0 aromatic heterocycles. The average molecular weight is 225 g/mol. The van der Waals surface area contributed by atoms with Crippen molar-refractivity contribution in [3.05, 3.63) is 0 Å². The van der Waals surface area contributed by atoms with Crippen LogP contribution in [0.1, 0.15) is 20.8 Å². The van der Waals surface area contributed by atoms with Crippen LogP contribution in [0, 0.1) is 17.8 Å². The highest BCUT2D eigenvalue weighted by Crippen LogP contribution is 2.20. The first kappa shape index (κ1) is 14.8. The van der Waals surface area contributed by atoms with Crippen LogP contribution in [0.2, 0.25) is 0 Å². The van der Waals surface area contributed by atoms with Crippen LogP contribution in [0.3, 0.4) is 0 Å². The number of rotatable bonds is 5. The maximum absolute atomic E-state index is 11.4. The van der Waals surface area contributed by atoms with Gasteiger partial charge in [-0.1, -0.05) is 19.8 Å². The molecule has 0 aliphatic heterocycles. The van der Waals surface area contributed by atoms with Gasteiger partial charge in [-0.25, -0.2) is 4.79 Å². The van der Waals surface area contributed by atoms with E-state index < -0.39 is 0 Å². The minimum absolute atomic E-state index is 0.0109. The lowest BCUT2D eigenvalue weighted by atomic mass is 9.85. The Morgan fingerprint density at radius 1 is 1.50 bits per heavy atom. The highest BCUT2D eigenvalue weighted by atomic mass is 16.2. The number of hydrogen-bond donors (Lipinski definition) is 2. The van der Waals surface area contributed by atoms with Crippen molar-refractivity contribution in [3.63, 3.8) is 0 Å². The summed E-state index contributed by atoms with van der Waals surface area (Å²) in [7, 11) is 4.04. The molecule has 2 N–H and O–H groups in total. The molecule has 0 aliphatic rings. The molecule has 0 unspecified atom stereocenters. The van der Waals surface area contributed by atoms with E-state index in [-0.39, 0.29) is 24.0 Å². The monoisotopic (exact) mass is 225 g/mol. The van der Waals surface area contributed by atoms with Gasteiger partial charge >= 0.3 is 6.03 Å². The molecule has 4 heteroatoms. The summed E-state index contributed by atoms with van der Waals surface area (Å²) in [5, 5.41) is 5.48. The molecule has 0 aromatic rings. The van der Waals surface area contributed by atoms with E-state index in [0.29, 0.717) is 0 Å². The zero-order valence-corrected chi connectivity index (χ0v) is 10.9. The largest absolute Gasteiger partial charge is 0.335 e. The Balaban J connectivity index is 4.18. The second-order valence-corrected chi connectivity index (χ2v) is 4.98. The molecule has 0 spiro atoms. The Labute approximate surface area is 98.8 Å². The van der Waals surface area contributed by atoms with E-state index in [1.807, 2.05) is 21.0 Å². The summed E-state index contributed by atoms with van der Waals surface area (Å²) in [4.78, 5) is 13.5. The van der Waals surface area contributed by atoms with E-state index in [1.165, 1.54) is 0 Å². The van der Waals surface area contributed by atoms with E-state index in [1.54, 1.807) is 0 Å². The number of terminal acetylenes is 1. The zero-order chi connectivity index (χ0) is 12.8. The lowest BCUT2D eigenvalue weighted by Crippen LogP contribution is -2.50. The minimum Gasteiger partial charge on any atom is -0.335 e. The maximum Gasteiger partial charge on any atom is 0.315 e. The van der Waals surface area contributed by atoms with Gasteiger partial charge in [-0.05, 0) is 26.4 Å². The van der Waals surface area contributed by atoms with Crippen molar-refractivity contribution >= 4 is 6.03 Å². The van der Waals surface area contributed by atoms with Gasteiger partial charge in [-0.2, -0.15) is 0 Å². The van der Waals surface area contributed by atoms with Gasteiger partial charge in [0.2, 0.25) is 0 Å². The van der Waals surface area contributed by atoms with Gasteiger partial charge in [-0.15, -0.1) is 6.42 Å². The highest BCUT2D eigenvalue weighted by molar-refractivity contribution is 5.74. The van der Waals surface area contributed by atoms with E-state index in [2.05, 4.69) is 35.3 Å². The molecule has 4 nitrogen and oxygen atoms in total. The van der Waals surface area contributed by atoms with Crippen LogP contribution in [-0.2, 0) is 0 Å². The Morgan fingerprint density at radius 2 is 2.06 bits per heavy atom. The topological polar surface area (TPSA) is 44.4 Å². The van der Waals surface area contributed by atoms with E-state index >= 15 is 0 Å². The van der Waals surface area contributed by atoms with Crippen LogP contribution in [0.15, 0.2) is 0 Å². The third kappa shape index (κ3) is 5.62. The number of hydrogen-bond acceptors (Lipinski definition) is 2. The Kier molecular flexibility index (Phi) is 5.91. The fraction of sp³-hybridized carbons (Fsp3) is 0.750. The van der Waals surface area contributed by atoms with Crippen LogP contribution in [-0.4, -0.2) is 44.2 Å². The van der Waals surface area contributed by atoms with Crippen LogP contribution in [0.4, 0.5) is 4.79 Å². The van der Waals surface area contributed by atoms with Gasteiger partial charge in [0.15, 0.2) is 0 Å². The molecule has 0 heterocycles. The molecule has 0 radical (unpaired) electrons. The molecular formula is C12H23N3O. The van der Waals surface area contributed by atoms with Crippen molar-refractivity contribution in [1.29, 1.82) is 0 Å². The fourth-order valence-electron chi connectivity index (χ4n) is 1.53. The van der Waals surface area contributed by atoms with Crippen LogP contribution >= 0.6 is 0 Å². The Bertz CT molecular complexity index is 266. The third-order valence-electron chi connectivity index (χ3n) is 2.59. The normalized spacial score (nSPS) is 13.1. The van der Waals surface area contributed by atoms with Crippen molar-refractivity contribution in [2.75, 3.05) is 27.2 Å². The van der Waals surface area contributed by atoms with Crippen molar-refractivity contribution in [1.82, 2.24) is 15.5 Å². The number of nitrogens with one attached hydrogen (secondary N) is 2. The van der Waals surface area contributed by atoms with Crippen molar-refractivity contribution in [2.24, 2.45) is 5.41 Å². The lowest BCUT2D eigenvalue weighted by molar-refractivity contribution is 0.180. The first-order valence-corrected chi connectivity index (χ1v) is 5.42. The van der Waals surface area contributed by atoms with Gasteiger partial charge < -0.3 is 15.5 Å². The Morgan fingerprint density at radius 3 is 2.50 bits per heavy atom. The Hall–Kier alpha value is -1.21. The molecule has 16 heavy (non-hydrogen) atoms. The van der Waals surface area contributed by atoms with E-state index in [4.69, 9.17) is 6.42 Å².